The maximum atomic E-state index is 10.3. The van der Waals surface area contributed by atoms with Gasteiger partial charge in [0, 0.05) is 11.9 Å². The topological polar surface area (TPSA) is 36.0 Å². The predicted octanol–water partition coefficient (Wildman–Crippen LogP) is 2.02. The highest BCUT2D eigenvalue weighted by Gasteiger charge is 2.44. The highest BCUT2D eigenvalue weighted by atomic mass is 16.3. The van der Waals surface area contributed by atoms with Gasteiger partial charge in [-0.3, -0.25) is 0 Å². The van der Waals surface area contributed by atoms with E-state index >= 15 is 0 Å². The highest BCUT2D eigenvalue weighted by molar-refractivity contribution is 5.17. The summed E-state index contributed by atoms with van der Waals surface area (Å²) in [6.45, 7) is 2.04. The van der Waals surface area contributed by atoms with Crippen molar-refractivity contribution in [2.75, 3.05) is 0 Å². The van der Waals surface area contributed by atoms with Crippen LogP contribution in [-0.2, 0) is 5.60 Å². The zero-order valence-corrected chi connectivity index (χ0v) is 7.38. The first kappa shape index (κ1) is 7.87. The fourth-order valence-electron chi connectivity index (χ4n) is 1.86. The third-order valence-corrected chi connectivity index (χ3v) is 2.86. The molecule has 1 aromatic heterocycles. The maximum absolute atomic E-state index is 10.3. The van der Waals surface area contributed by atoms with Crippen molar-refractivity contribution in [3.63, 3.8) is 0 Å². The summed E-state index contributed by atoms with van der Waals surface area (Å²) in [4.78, 5) is 3.10. The summed E-state index contributed by atoms with van der Waals surface area (Å²) in [6.07, 6.45) is 5.02. The lowest BCUT2D eigenvalue weighted by Crippen LogP contribution is -2.27. The van der Waals surface area contributed by atoms with E-state index in [9.17, 15) is 5.11 Å². The SMILES string of the molecule is CCC(O)(c1ccc[nH]1)C1CC1. The lowest BCUT2D eigenvalue weighted by molar-refractivity contribution is 0.00515. The smallest absolute Gasteiger partial charge is 0.107 e. The van der Waals surface area contributed by atoms with Crippen LogP contribution in [-0.4, -0.2) is 10.1 Å². The maximum Gasteiger partial charge on any atom is 0.107 e. The molecule has 1 fully saturated rings. The molecule has 2 heteroatoms. The van der Waals surface area contributed by atoms with E-state index in [1.54, 1.807) is 0 Å². The molecule has 2 rings (SSSR count). The number of nitrogens with one attached hydrogen (secondary N) is 1. The van der Waals surface area contributed by atoms with E-state index in [0.717, 1.165) is 12.1 Å². The van der Waals surface area contributed by atoms with E-state index in [4.69, 9.17) is 0 Å². The Morgan fingerprint density at radius 1 is 1.67 bits per heavy atom. The van der Waals surface area contributed by atoms with Crippen LogP contribution in [0.15, 0.2) is 18.3 Å². The first-order valence-electron chi connectivity index (χ1n) is 4.63. The van der Waals surface area contributed by atoms with Gasteiger partial charge in [0.1, 0.15) is 5.60 Å². The van der Waals surface area contributed by atoms with Crippen LogP contribution in [0, 0.1) is 5.92 Å². The Kier molecular flexibility index (Phi) is 1.72. The molecule has 1 heterocycles. The van der Waals surface area contributed by atoms with Gasteiger partial charge in [-0.15, -0.1) is 0 Å². The molecule has 12 heavy (non-hydrogen) atoms. The third kappa shape index (κ3) is 1.07. The molecular weight excluding hydrogens is 150 g/mol. The van der Waals surface area contributed by atoms with E-state index in [2.05, 4.69) is 4.98 Å². The van der Waals surface area contributed by atoms with Gasteiger partial charge in [0.2, 0.25) is 0 Å². The molecule has 66 valence electrons. The average molecular weight is 165 g/mol. The summed E-state index contributed by atoms with van der Waals surface area (Å²) >= 11 is 0. The summed E-state index contributed by atoms with van der Waals surface area (Å²) in [5.74, 6) is 0.487. The fourth-order valence-corrected chi connectivity index (χ4v) is 1.86. The molecule has 0 aromatic carbocycles. The Morgan fingerprint density at radius 3 is 2.83 bits per heavy atom. The molecule has 1 saturated carbocycles. The molecule has 0 radical (unpaired) electrons. The normalized spacial score (nSPS) is 22.2. The fraction of sp³-hybridized carbons (Fsp3) is 0.600. The van der Waals surface area contributed by atoms with Crippen LogP contribution in [0.3, 0.4) is 0 Å². The Morgan fingerprint density at radius 2 is 2.42 bits per heavy atom. The van der Waals surface area contributed by atoms with Crippen molar-refractivity contribution in [1.29, 1.82) is 0 Å². The molecule has 1 aliphatic carbocycles. The predicted molar refractivity (Wildman–Crippen MR) is 47.7 cm³/mol. The molecule has 2 N–H and O–H groups in total. The van der Waals surface area contributed by atoms with Crippen molar-refractivity contribution >= 4 is 0 Å². The molecule has 0 saturated heterocycles. The minimum Gasteiger partial charge on any atom is -0.383 e. The van der Waals surface area contributed by atoms with E-state index < -0.39 is 5.60 Å². The first-order valence-corrected chi connectivity index (χ1v) is 4.63. The molecule has 1 unspecified atom stereocenters. The second kappa shape index (κ2) is 2.63. The zero-order valence-electron chi connectivity index (χ0n) is 7.38. The van der Waals surface area contributed by atoms with Gasteiger partial charge in [0.05, 0.1) is 0 Å². The van der Waals surface area contributed by atoms with E-state index in [1.807, 2.05) is 25.3 Å². The Labute approximate surface area is 72.6 Å². The summed E-state index contributed by atoms with van der Waals surface area (Å²) in [5.41, 5.74) is 0.399. The van der Waals surface area contributed by atoms with Crippen LogP contribution >= 0.6 is 0 Å². The lowest BCUT2D eigenvalue weighted by Gasteiger charge is -2.25. The van der Waals surface area contributed by atoms with Crippen molar-refractivity contribution in [3.8, 4) is 0 Å². The summed E-state index contributed by atoms with van der Waals surface area (Å²) in [7, 11) is 0. The van der Waals surface area contributed by atoms with Crippen LogP contribution in [0.25, 0.3) is 0 Å². The third-order valence-electron chi connectivity index (χ3n) is 2.86. The van der Waals surface area contributed by atoms with Gasteiger partial charge < -0.3 is 10.1 Å². The minimum absolute atomic E-state index is 0.487. The van der Waals surface area contributed by atoms with Gasteiger partial charge in [-0.2, -0.15) is 0 Å². The van der Waals surface area contributed by atoms with Gasteiger partial charge >= 0.3 is 0 Å². The second-order valence-electron chi connectivity index (χ2n) is 3.64. The van der Waals surface area contributed by atoms with Crippen molar-refractivity contribution < 1.29 is 5.11 Å². The van der Waals surface area contributed by atoms with Gasteiger partial charge in [-0.05, 0) is 37.3 Å². The van der Waals surface area contributed by atoms with E-state index in [0.29, 0.717) is 5.92 Å². The largest absolute Gasteiger partial charge is 0.383 e. The number of rotatable bonds is 3. The molecule has 1 aromatic rings. The van der Waals surface area contributed by atoms with E-state index in [1.165, 1.54) is 12.8 Å². The minimum atomic E-state index is -0.580. The quantitative estimate of drug-likeness (QED) is 0.706. The molecule has 0 amide bonds. The van der Waals surface area contributed by atoms with Crippen LogP contribution < -0.4 is 0 Å². The molecule has 0 aliphatic heterocycles. The zero-order chi connectivity index (χ0) is 8.60. The van der Waals surface area contributed by atoms with E-state index in [-0.39, 0.29) is 0 Å². The number of H-pyrrole nitrogens is 1. The lowest BCUT2D eigenvalue weighted by atomic mass is 9.91. The van der Waals surface area contributed by atoms with Gasteiger partial charge in [0.25, 0.3) is 0 Å². The monoisotopic (exact) mass is 165 g/mol. The Balaban J connectivity index is 2.27. The average Bonchev–Trinajstić information content (AvgIpc) is 2.80. The van der Waals surface area contributed by atoms with Crippen molar-refractivity contribution in [2.45, 2.75) is 31.8 Å². The van der Waals surface area contributed by atoms with Crippen molar-refractivity contribution in [3.05, 3.63) is 24.0 Å². The Hall–Kier alpha value is -0.760. The molecule has 0 spiro atoms. The van der Waals surface area contributed by atoms with Crippen LogP contribution in [0.5, 0.6) is 0 Å². The Bertz CT molecular complexity index is 251. The molecule has 0 bridgehead atoms. The first-order chi connectivity index (χ1) is 5.77. The van der Waals surface area contributed by atoms with Crippen LogP contribution in [0.2, 0.25) is 0 Å². The summed E-state index contributed by atoms with van der Waals surface area (Å²) in [5, 5.41) is 10.3. The van der Waals surface area contributed by atoms with Crippen molar-refractivity contribution in [1.82, 2.24) is 4.98 Å². The number of aromatic nitrogens is 1. The number of hydrogen-bond acceptors (Lipinski definition) is 1. The van der Waals surface area contributed by atoms with Gasteiger partial charge in [-0.1, -0.05) is 6.92 Å². The molecule has 2 nitrogen and oxygen atoms in total. The van der Waals surface area contributed by atoms with Crippen LogP contribution in [0.1, 0.15) is 31.9 Å². The van der Waals surface area contributed by atoms with Gasteiger partial charge in [0.15, 0.2) is 0 Å². The second-order valence-corrected chi connectivity index (χ2v) is 3.64. The molecular formula is C10H15NO. The summed E-state index contributed by atoms with van der Waals surface area (Å²) in [6, 6.07) is 3.92. The van der Waals surface area contributed by atoms with Crippen molar-refractivity contribution in [2.24, 2.45) is 5.92 Å². The van der Waals surface area contributed by atoms with Gasteiger partial charge in [-0.25, -0.2) is 0 Å². The number of aliphatic hydroxyl groups is 1. The van der Waals surface area contributed by atoms with Crippen LogP contribution in [0.4, 0.5) is 0 Å². The summed E-state index contributed by atoms with van der Waals surface area (Å²) < 4.78 is 0. The molecule has 1 atom stereocenters. The number of aromatic amines is 1. The molecule has 1 aliphatic rings. The highest BCUT2D eigenvalue weighted by Crippen LogP contribution is 2.46. The number of hydrogen-bond donors (Lipinski definition) is 2. The standard InChI is InChI=1S/C10H15NO/c1-2-10(12,8-5-6-8)9-4-3-7-11-9/h3-4,7-8,11-12H,2,5-6H2,1H3.